The van der Waals surface area contributed by atoms with Crippen LogP contribution in [0.4, 0.5) is 43.9 Å². The van der Waals surface area contributed by atoms with E-state index in [9.17, 15) is 63.1 Å². The highest BCUT2D eigenvalue weighted by atomic mass is 19.4. The van der Waals surface area contributed by atoms with Gasteiger partial charge in [0.15, 0.2) is 0 Å². The molecule has 2 unspecified atom stereocenters. The molecule has 0 aliphatic rings. The zero-order valence-corrected chi connectivity index (χ0v) is 24.4. The zero-order valence-electron chi connectivity index (χ0n) is 24.4. The molecule has 0 aliphatic carbocycles. The van der Waals surface area contributed by atoms with E-state index >= 15 is 0 Å². The molecule has 0 aromatic heterocycles. The topological polar surface area (TPSA) is 105 Å². The maximum atomic E-state index is 14.7. The molecule has 0 heterocycles. The number of carbonyl (C=O) groups excluding carboxylic acids is 4. The smallest absolute Gasteiger partial charge is 0.384 e. The van der Waals surface area contributed by atoms with E-state index in [4.69, 9.17) is 0 Å². The first-order chi connectivity index (χ1) is 20.1. The Hall–Kier alpha value is -3.86. The Kier molecular flexibility index (Phi) is 13.7. The Morgan fingerprint density at radius 3 is 0.956 bits per heavy atom. The fourth-order valence-electron chi connectivity index (χ4n) is 2.84. The zero-order chi connectivity index (χ0) is 35.9. The number of hydrogen-bond acceptors (Lipinski definition) is 8. The van der Waals surface area contributed by atoms with Crippen LogP contribution in [0.25, 0.3) is 0 Å². The molecule has 0 aromatic rings. The highest BCUT2D eigenvalue weighted by molar-refractivity contribution is 5.88. The van der Waals surface area contributed by atoms with Crippen LogP contribution in [0.5, 0.6) is 0 Å². The van der Waals surface area contributed by atoms with E-state index in [-0.39, 0.29) is 11.1 Å². The second kappa shape index (κ2) is 14.9. The van der Waals surface area contributed by atoms with Gasteiger partial charge in [0.25, 0.3) is 0 Å². The van der Waals surface area contributed by atoms with E-state index in [1.807, 2.05) is 0 Å². The highest BCUT2D eigenvalue weighted by Crippen LogP contribution is 2.58. The fourth-order valence-corrected chi connectivity index (χ4v) is 2.84. The normalized spacial score (nSPS) is 14.0. The molecule has 0 saturated carbocycles. The summed E-state index contributed by atoms with van der Waals surface area (Å²) in [7, 11) is 0. The predicted molar refractivity (Wildman–Crippen MR) is 135 cm³/mol. The molecule has 0 radical (unpaired) electrons. The first-order valence-electron chi connectivity index (χ1n) is 12.3. The molecule has 0 saturated heterocycles. The lowest BCUT2D eigenvalue weighted by Crippen LogP contribution is -2.68. The van der Waals surface area contributed by atoms with Gasteiger partial charge in [0.2, 0.25) is 0 Å². The van der Waals surface area contributed by atoms with Crippen molar-refractivity contribution in [3.63, 3.8) is 0 Å². The van der Waals surface area contributed by atoms with Gasteiger partial charge in [0.1, 0.15) is 25.4 Å². The molecule has 0 fully saturated rings. The van der Waals surface area contributed by atoms with Gasteiger partial charge in [0, 0.05) is 22.3 Å². The SMILES string of the molecule is C=C(C)C(=O)OCC(CC(F)(F)C(F)(F)C(F)(F)C(F)(F)C(F)(F)CC(COC(=O)C(=C)C)OC(=O)C(=C)C)OC(=O)C(=C)C. The van der Waals surface area contributed by atoms with Crippen molar-refractivity contribution < 1.29 is 82.0 Å². The van der Waals surface area contributed by atoms with Crippen LogP contribution in [0.3, 0.4) is 0 Å². The summed E-state index contributed by atoms with van der Waals surface area (Å²) < 4.78 is 164. The van der Waals surface area contributed by atoms with Crippen molar-refractivity contribution in [3.05, 3.63) is 48.6 Å². The van der Waals surface area contributed by atoms with Crippen LogP contribution in [0, 0.1) is 0 Å². The van der Waals surface area contributed by atoms with E-state index in [1.54, 1.807) is 0 Å². The van der Waals surface area contributed by atoms with Crippen molar-refractivity contribution in [2.24, 2.45) is 0 Å². The minimum atomic E-state index is -7.57. The minimum Gasteiger partial charge on any atom is -0.458 e. The minimum absolute atomic E-state index is 0.382. The van der Waals surface area contributed by atoms with Crippen LogP contribution in [0.2, 0.25) is 0 Å². The molecule has 8 nitrogen and oxygen atoms in total. The third kappa shape index (κ3) is 10.1. The Labute approximate surface area is 250 Å². The molecular formula is C27H30F10O8. The van der Waals surface area contributed by atoms with E-state index < -0.39 is 103 Å². The predicted octanol–water partition coefficient (Wildman–Crippen LogP) is 6.16. The van der Waals surface area contributed by atoms with Gasteiger partial charge in [-0.3, -0.25) is 0 Å². The number of esters is 4. The molecule has 0 amide bonds. The maximum absolute atomic E-state index is 14.7. The molecule has 0 rings (SSSR count). The van der Waals surface area contributed by atoms with Crippen LogP contribution in [-0.4, -0.2) is 78.9 Å². The molecule has 18 heteroatoms. The quantitative estimate of drug-likeness (QED) is 0.0739. The van der Waals surface area contributed by atoms with E-state index in [2.05, 4.69) is 45.3 Å². The monoisotopic (exact) mass is 672 g/mol. The Bertz CT molecular complexity index is 1120. The summed E-state index contributed by atoms with van der Waals surface area (Å²) >= 11 is 0. The average molecular weight is 673 g/mol. The van der Waals surface area contributed by atoms with Crippen molar-refractivity contribution in [1.82, 2.24) is 0 Å². The number of rotatable bonds is 18. The van der Waals surface area contributed by atoms with Crippen molar-refractivity contribution in [2.45, 2.75) is 82.4 Å². The molecule has 0 aromatic carbocycles. The summed E-state index contributed by atoms with van der Waals surface area (Å²) in [6.07, 6.45) is -10.9. The molecule has 0 bridgehead atoms. The summed E-state index contributed by atoms with van der Waals surface area (Å²) in [6, 6.07) is 0. The number of alkyl halides is 10. The van der Waals surface area contributed by atoms with Gasteiger partial charge in [-0.05, 0) is 27.7 Å². The standard InChI is InChI=1S/C27H30F10O8/c1-13(2)19(38)42-11-17(44-21(40)15(5)6)9-23(28,29)25(32,33)27(36,37)26(34,35)24(30,31)10-18(45-22(41)16(7)8)12-43-20(39)14(3)4/h17-18H,1,3,5,7,9-12H2,2,4,6,8H3. The lowest BCUT2D eigenvalue weighted by Gasteiger charge is -2.40. The third-order valence-corrected chi connectivity index (χ3v) is 5.42. The lowest BCUT2D eigenvalue weighted by molar-refractivity contribution is -0.405. The Balaban J connectivity index is 6.49. The van der Waals surface area contributed by atoms with E-state index in [1.165, 1.54) is 0 Å². The molecule has 0 N–H and O–H groups in total. The summed E-state index contributed by atoms with van der Waals surface area (Å²) in [5, 5.41) is 0. The summed E-state index contributed by atoms with van der Waals surface area (Å²) in [5.74, 6) is -40.8. The van der Waals surface area contributed by atoms with Crippen LogP contribution in [0.1, 0.15) is 40.5 Å². The van der Waals surface area contributed by atoms with Gasteiger partial charge >= 0.3 is 53.5 Å². The number of carbonyl (C=O) groups is 4. The van der Waals surface area contributed by atoms with Crippen molar-refractivity contribution in [1.29, 1.82) is 0 Å². The van der Waals surface area contributed by atoms with Crippen molar-refractivity contribution in [2.75, 3.05) is 13.2 Å². The maximum Gasteiger partial charge on any atom is 0.384 e. The van der Waals surface area contributed by atoms with Crippen LogP contribution >= 0.6 is 0 Å². The third-order valence-electron chi connectivity index (χ3n) is 5.42. The second-order valence-electron chi connectivity index (χ2n) is 9.91. The van der Waals surface area contributed by atoms with Gasteiger partial charge in [-0.2, -0.15) is 43.9 Å². The number of hydrogen-bond donors (Lipinski definition) is 0. The van der Waals surface area contributed by atoms with Crippen molar-refractivity contribution >= 4 is 23.9 Å². The van der Waals surface area contributed by atoms with Crippen LogP contribution < -0.4 is 0 Å². The molecular weight excluding hydrogens is 642 g/mol. The van der Waals surface area contributed by atoms with Gasteiger partial charge < -0.3 is 18.9 Å². The van der Waals surface area contributed by atoms with Crippen molar-refractivity contribution in [3.8, 4) is 0 Å². The average Bonchev–Trinajstić information content (AvgIpc) is 2.88. The van der Waals surface area contributed by atoms with E-state index in [0.717, 1.165) is 27.7 Å². The number of ether oxygens (including phenoxy) is 4. The molecule has 45 heavy (non-hydrogen) atoms. The largest absolute Gasteiger partial charge is 0.458 e. The van der Waals surface area contributed by atoms with Gasteiger partial charge in [-0.15, -0.1) is 0 Å². The second-order valence-corrected chi connectivity index (χ2v) is 9.91. The molecule has 0 spiro atoms. The summed E-state index contributed by atoms with van der Waals surface area (Å²) in [6.45, 7) is 13.3. The fraction of sp³-hybridized carbons (Fsp3) is 0.556. The highest BCUT2D eigenvalue weighted by Gasteiger charge is 2.86. The molecule has 2 atom stereocenters. The first kappa shape index (κ1) is 41.1. The van der Waals surface area contributed by atoms with Gasteiger partial charge in [0.05, 0.1) is 12.8 Å². The Morgan fingerprint density at radius 1 is 0.489 bits per heavy atom. The van der Waals surface area contributed by atoms with Crippen LogP contribution in [-0.2, 0) is 38.1 Å². The summed E-state index contributed by atoms with van der Waals surface area (Å²) in [5.41, 5.74) is -1.86. The number of halogens is 10. The summed E-state index contributed by atoms with van der Waals surface area (Å²) in [4.78, 5) is 46.6. The van der Waals surface area contributed by atoms with E-state index in [0.29, 0.717) is 0 Å². The van der Waals surface area contributed by atoms with Crippen LogP contribution in [0.15, 0.2) is 48.6 Å². The Morgan fingerprint density at radius 2 is 0.733 bits per heavy atom. The molecule has 0 aliphatic heterocycles. The first-order valence-corrected chi connectivity index (χ1v) is 12.3. The van der Waals surface area contributed by atoms with Gasteiger partial charge in [-0.25, -0.2) is 19.2 Å². The van der Waals surface area contributed by atoms with Gasteiger partial charge in [-0.1, -0.05) is 26.3 Å². The lowest BCUT2D eigenvalue weighted by atomic mass is 9.90. The molecule has 256 valence electrons.